The van der Waals surface area contributed by atoms with Gasteiger partial charge >= 0.3 is 0 Å². The maximum Gasteiger partial charge on any atom is 0.264 e. The maximum atomic E-state index is 13.3. The van der Waals surface area contributed by atoms with Crippen molar-refractivity contribution in [3.63, 3.8) is 0 Å². The highest BCUT2D eigenvalue weighted by atomic mass is 35.5. The summed E-state index contributed by atoms with van der Waals surface area (Å²) < 4.78 is 27.6. The van der Waals surface area contributed by atoms with Crippen LogP contribution < -0.4 is 9.62 Å². The van der Waals surface area contributed by atoms with Gasteiger partial charge in [-0.3, -0.25) is 9.10 Å². The molecular formula is C21H17Cl3N2O3S. The molecule has 0 saturated heterocycles. The highest BCUT2D eigenvalue weighted by Gasteiger charge is 2.27. The van der Waals surface area contributed by atoms with E-state index in [1.165, 1.54) is 18.2 Å². The number of halogens is 3. The molecule has 1 N–H and O–H groups in total. The van der Waals surface area contributed by atoms with Crippen LogP contribution >= 0.6 is 34.8 Å². The van der Waals surface area contributed by atoms with Crippen molar-refractivity contribution >= 4 is 62.1 Å². The second-order valence-corrected chi connectivity index (χ2v) is 9.46. The largest absolute Gasteiger partial charge is 0.323 e. The van der Waals surface area contributed by atoms with E-state index < -0.39 is 22.5 Å². The van der Waals surface area contributed by atoms with E-state index in [-0.39, 0.29) is 26.3 Å². The molecule has 0 bridgehead atoms. The first-order valence-electron chi connectivity index (χ1n) is 8.78. The van der Waals surface area contributed by atoms with Gasteiger partial charge in [-0.05, 0) is 48.9 Å². The van der Waals surface area contributed by atoms with E-state index in [2.05, 4.69) is 5.32 Å². The lowest BCUT2D eigenvalue weighted by Crippen LogP contribution is -2.38. The number of sulfonamides is 1. The lowest BCUT2D eigenvalue weighted by atomic mass is 10.2. The SMILES string of the molecule is Cc1ccc(N(CC(=O)Nc2cccc(Cl)c2Cl)S(=O)(=O)c2ccccc2)cc1Cl. The average molecular weight is 484 g/mol. The summed E-state index contributed by atoms with van der Waals surface area (Å²) in [5.41, 5.74) is 1.34. The van der Waals surface area contributed by atoms with Crippen LogP contribution in [0.5, 0.6) is 0 Å². The van der Waals surface area contributed by atoms with Crippen LogP contribution in [0.4, 0.5) is 11.4 Å². The zero-order valence-electron chi connectivity index (χ0n) is 15.8. The molecule has 9 heteroatoms. The van der Waals surface area contributed by atoms with Crippen molar-refractivity contribution in [1.29, 1.82) is 0 Å². The molecule has 0 atom stereocenters. The minimum absolute atomic E-state index is 0.0512. The van der Waals surface area contributed by atoms with Gasteiger partial charge in [-0.1, -0.05) is 65.1 Å². The lowest BCUT2D eigenvalue weighted by Gasteiger charge is -2.24. The van der Waals surface area contributed by atoms with Crippen LogP contribution in [0.15, 0.2) is 71.6 Å². The Labute approximate surface area is 190 Å². The van der Waals surface area contributed by atoms with Gasteiger partial charge in [-0.15, -0.1) is 0 Å². The minimum atomic E-state index is -4.03. The quantitative estimate of drug-likeness (QED) is 0.482. The summed E-state index contributed by atoms with van der Waals surface area (Å²) in [5.74, 6) is -0.588. The summed E-state index contributed by atoms with van der Waals surface area (Å²) in [7, 11) is -4.03. The molecule has 0 unspecified atom stereocenters. The summed E-state index contributed by atoms with van der Waals surface area (Å²) >= 11 is 18.3. The Kier molecular flexibility index (Phi) is 6.93. The van der Waals surface area contributed by atoms with E-state index in [9.17, 15) is 13.2 Å². The molecule has 0 aliphatic carbocycles. The maximum absolute atomic E-state index is 13.3. The minimum Gasteiger partial charge on any atom is -0.323 e. The topological polar surface area (TPSA) is 66.5 Å². The van der Waals surface area contributed by atoms with Gasteiger partial charge in [0.2, 0.25) is 5.91 Å². The van der Waals surface area contributed by atoms with Gasteiger partial charge in [0.25, 0.3) is 10.0 Å². The van der Waals surface area contributed by atoms with Gasteiger partial charge in [-0.25, -0.2) is 8.42 Å². The number of amides is 1. The Hall–Kier alpha value is -2.25. The van der Waals surface area contributed by atoms with Crippen LogP contribution in [-0.2, 0) is 14.8 Å². The average Bonchev–Trinajstić information content (AvgIpc) is 2.72. The first-order chi connectivity index (χ1) is 14.2. The molecule has 0 aliphatic rings. The Morgan fingerprint density at radius 3 is 2.30 bits per heavy atom. The van der Waals surface area contributed by atoms with Gasteiger partial charge in [0, 0.05) is 5.02 Å². The number of benzene rings is 3. The number of carbonyl (C=O) groups excluding carboxylic acids is 1. The highest BCUT2D eigenvalue weighted by molar-refractivity contribution is 7.92. The summed E-state index contributed by atoms with van der Waals surface area (Å²) in [6.45, 7) is 1.31. The summed E-state index contributed by atoms with van der Waals surface area (Å²) in [6, 6.07) is 17.4. The number of rotatable bonds is 6. The van der Waals surface area contributed by atoms with Crippen molar-refractivity contribution in [2.24, 2.45) is 0 Å². The van der Waals surface area contributed by atoms with Crippen LogP contribution in [0.25, 0.3) is 0 Å². The Morgan fingerprint density at radius 1 is 0.933 bits per heavy atom. The number of anilines is 2. The molecule has 0 saturated carbocycles. The molecule has 1 amide bonds. The second kappa shape index (κ2) is 9.27. The molecule has 0 radical (unpaired) electrons. The van der Waals surface area contributed by atoms with Crippen molar-refractivity contribution in [2.75, 3.05) is 16.2 Å². The predicted molar refractivity (Wildman–Crippen MR) is 122 cm³/mol. The van der Waals surface area contributed by atoms with Crippen molar-refractivity contribution < 1.29 is 13.2 Å². The van der Waals surface area contributed by atoms with Crippen LogP contribution in [-0.4, -0.2) is 20.9 Å². The van der Waals surface area contributed by atoms with E-state index in [1.807, 2.05) is 0 Å². The number of aryl methyl sites for hydroxylation is 1. The van der Waals surface area contributed by atoms with Crippen molar-refractivity contribution in [1.82, 2.24) is 0 Å². The number of hydrogen-bond acceptors (Lipinski definition) is 3. The second-order valence-electron chi connectivity index (χ2n) is 6.41. The van der Waals surface area contributed by atoms with Crippen LogP contribution in [0.2, 0.25) is 15.1 Å². The van der Waals surface area contributed by atoms with Gasteiger partial charge in [0.1, 0.15) is 6.54 Å². The van der Waals surface area contributed by atoms with Crippen LogP contribution in [0.1, 0.15) is 5.56 Å². The summed E-state index contributed by atoms with van der Waals surface area (Å²) in [6.07, 6.45) is 0. The fourth-order valence-corrected chi connectivity index (χ4v) is 4.65. The van der Waals surface area contributed by atoms with E-state index in [1.54, 1.807) is 55.5 Å². The van der Waals surface area contributed by atoms with Gasteiger partial charge in [0.15, 0.2) is 0 Å². The monoisotopic (exact) mass is 482 g/mol. The highest BCUT2D eigenvalue weighted by Crippen LogP contribution is 2.31. The van der Waals surface area contributed by atoms with Crippen molar-refractivity contribution in [3.05, 3.63) is 87.4 Å². The molecule has 0 fully saturated rings. The summed E-state index contributed by atoms with van der Waals surface area (Å²) in [4.78, 5) is 12.8. The molecule has 3 rings (SSSR count). The first kappa shape index (κ1) is 22.4. The zero-order valence-corrected chi connectivity index (χ0v) is 18.9. The fourth-order valence-electron chi connectivity index (χ4n) is 2.69. The Morgan fingerprint density at radius 2 is 1.63 bits per heavy atom. The molecule has 0 heterocycles. The molecule has 3 aromatic rings. The van der Waals surface area contributed by atoms with Crippen molar-refractivity contribution in [3.8, 4) is 0 Å². The molecule has 30 heavy (non-hydrogen) atoms. The fraction of sp³-hybridized carbons (Fsp3) is 0.0952. The molecule has 0 aromatic heterocycles. The molecule has 5 nitrogen and oxygen atoms in total. The van der Waals surface area contributed by atoms with Gasteiger partial charge in [-0.2, -0.15) is 0 Å². The number of nitrogens with zero attached hydrogens (tertiary/aromatic N) is 1. The number of carbonyl (C=O) groups is 1. The van der Waals surface area contributed by atoms with Crippen molar-refractivity contribution in [2.45, 2.75) is 11.8 Å². The molecule has 0 aliphatic heterocycles. The summed E-state index contributed by atoms with van der Waals surface area (Å²) in [5, 5.41) is 3.44. The molecule has 0 spiro atoms. The van der Waals surface area contributed by atoms with E-state index >= 15 is 0 Å². The van der Waals surface area contributed by atoms with E-state index in [4.69, 9.17) is 34.8 Å². The Balaban J connectivity index is 1.98. The third-order valence-corrected chi connectivity index (χ3v) is 7.30. The third kappa shape index (κ3) is 4.90. The van der Waals surface area contributed by atoms with Crippen LogP contribution in [0.3, 0.4) is 0 Å². The standard InChI is InChI=1S/C21H17Cl3N2O3S/c1-14-10-11-15(12-18(14)23)26(30(28,29)16-6-3-2-4-7-16)13-20(27)25-19-9-5-8-17(22)21(19)24/h2-12H,13H2,1H3,(H,25,27). The Bertz CT molecular complexity index is 1190. The number of hydrogen-bond donors (Lipinski definition) is 1. The smallest absolute Gasteiger partial charge is 0.264 e. The molecule has 3 aromatic carbocycles. The third-order valence-electron chi connectivity index (χ3n) is 4.29. The lowest BCUT2D eigenvalue weighted by molar-refractivity contribution is -0.114. The zero-order chi connectivity index (χ0) is 21.9. The van der Waals surface area contributed by atoms with E-state index in [0.29, 0.717) is 5.02 Å². The van der Waals surface area contributed by atoms with Crippen LogP contribution in [0, 0.1) is 6.92 Å². The normalized spacial score (nSPS) is 11.2. The first-order valence-corrected chi connectivity index (χ1v) is 11.4. The van der Waals surface area contributed by atoms with Gasteiger partial charge in [0.05, 0.1) is 26.3 Å². The molecular weight excluding hydrogens is 467 g/mol. The molecule has 156 valence electrons. The predicted octanol–water partition coefficient (Wildman–Crippen LogP) is 5.79. The van der Waals surface area contributed by atoms with Gasteiger partial charge < -0.3 is 5.32 Å². The number of nitrogens with one attached hydrogen (secondary N) is 1. The van der Waals surface area contributed by atoms with E-state index in [0.717, 1.165) is 9.87 Å².